The number of hydrogen-bond donors (Lipinski definition) is 0. The SMILES string of the molecule is CO[C@H]1O[C@@H]2COC(c3ccccc3)O[C@H]2[C@H](OC)[C@]12O[C@@H]2Cl. The molecule has 1 aromatic rings. The lowest BCUT2D eigenvalue weighted by molar-refractivity contribution is -0.355. The highest BCUT2D eigenvalue weighted by molar-refractivity contribution is 6.22. The van der Waals surface area contributed by atoms with E-state index in [1.165, 1.54) is 0 Å². The van der Waals surface area contributed by atoms with Crippen LogP contribution in [0.3, 0.4) is 0 Å². The normalized spacial score (nSPS) is 45.7. The summed E-state index contributed by atoms with van der Waals surface area (Å²) in [6, 6.07) is 9.76. The number of rotatable bonds is 3. The van der Waals surface area contributed by atoms with Gasteiger partial charge < -0.3 is 28.4 Å². The van der Waals surface area contributed by atoms with Gasteiger partial charge in [-0.15, -0.1) is 0 Å². The van der Waals surface area contributed by atoms with Gasteiger partial charge in [0.05, 0.1) is 6.61 Å². The summed E-state index contributed by atoms with van der Waals surface area (Å²) >= 11 is 6.20. The van der Waals surface area contributed by atoms with Crippen molar-refractivity contribution in [3.63, 3.8) is 0 Å². The Kier molecular flexibility index (Phi) is 4.09. The first-order chi connectivity index (χ1) is 11.2. The second kappa shape index (κ2) is 5.97. The molecule has 4 rings (SSSR count). The molecule has 23 heavy (non-hydrogen) atoms. The predicted octanol–water partition coefficient (Wildman–Crippen LogP) is 1.82. The molecule has 6 nitrogen and oxygen atoms in total. The topological polar surface area (TPSA) is 58.7 Å². The summed E-state index contributed by atoms with van der Waals surface area (Å²) in [5, 5.41) is 0. The van der Waals surface area contributed by atoms with Crippen molar-refractivity contribution in [1.29, 1.82) is 0 Å². The number of benzene rings is 1. The van der Waals surface area contributed by atoms with Crippen molar-refractivity contribution >= 4 is 11.6 Å². The molecule has 3 aliphatic rings. The molecule has 126 valence electrons. The van der Waals surface area contributed by atoms with Gasteiger partial charge in [-0.1, -0.05) is 41.9 Å². The maximum absolute atomic E-state index is 6.20. The minimum atomic E-state index is -0.842. The second-order valence-corrected chi connectivity index (χ2v) is 6.26. The summed E-state index contributed by atoms with van der Waals surface area (Å²) in [7, 11) is 3.17. The predicted molar refractivity (Wildman–Crippen MR) is 79.9 cm³/mol. The van der Waals surface area contributed by atoms with Crippen LogP contribution in [0.4, 0.5) is 0 Å². The lowest BCUT2D eigenvalue weighted by Crippen LogP contribution is -2.65. The molecule has 7 atom stereocenters. The van der Waals surface area contributed by atoms with Gasteiger partial charge in [0.15, 0.2) is 23.7 Å². The Hall–Kier alpha value is -0.730. The number of fused-ring (bicyclic) bond motifs is 1. The van der Waals surface area contributed by atoms with Crippen molar-refractivity contribution in [1.82, 2.24) is 0 Å². The van der Waals surface area contributed by atoms with Crippen molar-refractivity contribution in [3.8, 4) is 0 Å². The lowest BCUT2D eigenvalue weighted by Gasteiger charge is -2.47. The van der Waals surface area contributed by atoms with Crippen molar-refractivity contribution in [2.24, 2.45) is 0 Å². The van der Waals surface area contributed by atoms with Crippen LogP contribution in [0.25, 0.3) is 0 Å². The van der Waals surface area contributed by atoms with Gasteiger partial charge in [-0.3, -0.25) is 0 Å². The third-order valence-corrected chi connectivity index (χ3v) is 5.04. The van der Waals surface area contributed by atoms with Crippen LogP contribution in [0.2, 0.25) is 0 Å². The minimum Gasteiger partial charge on any atom is -0.375 e. The monoisotopic (exact) mass is 342 g/mol. The molecule has 1 unspecified atom stereocenters. The van der Waals surface area contributed by atoms with Gasteiger partial charge in [-0.25, -0.2) is 0 Å². The smallest absolute Gasteiger partial charge is 0.193 e. The van der Waals surface area contributed by atoms with E-state index in [1.54, 1.807) is 14.2 Å². The van der Waals surface area contributed by atoms with E-state index >= 15 is 0 Å². The van der Waals surface area contributed by atoms with Crippen LogP contribution in [0.1, 0.15) is 11.9 Å². The van der Waals surface area contributed by atoms with Gasteiger partial charge >= 0.3 is 0 Å². The molecular weight excluding hydrogens is 324 g/mol. The zero-order valence-electron chi connectivity index (χ0n) is 12.9. The van der Waals surface area contributed by atoms with Crippen LogP contribution in [-0.2, 0) is 28.4 Å². The molecule has 3 saturated heterocycles. The van der Waals surface area contributed by atoms with Gasteiger partial charge in [0, 0.05) is 19.8 Å². The largest absolute Gasteiger partial charge is 0.375 e. The Bertz CT molecular complexity index is 557. The Balaban J connectivity index is 1.59. The van der Waals surface area contributed by atoms with Crippen LogP contribution in [-0.4, -0.2) is 56.6 Å². The van der Waals surface area contributed by atoms with Gasteiger partial charge in [-0.05, 0) is 0 Å². The van der Waals surface area contributed by atoms with Crippen LogP contribution < -0.4 is 0 Å². The molecular formula is C16H19ClO6. The molecule has 0 amide bonds. The molecule has 0 N–H and O–H groups in total. The number of alkyl halides is 1. The fourth-order valence-electron chi connectivity index (χ4n) is 3.43. The summed E-state index contributed by atoms with van der Waals surface area (Å²) in [6.45, 7) is 0.382. The maximum Gasteiger partial charge on any atom is 0.193 e. The molecule has 1 aromatic carbocycles. The highest BCUT2D eigenvalue weighted by Crippen LogP contribution is 2.53. The standard InChI is InChI=1S/C16H19ClO6/c1-18-12-11-10(21-15(19-2)16(12)14(17)23-16)8-20-13(22-11)9-6-4-3-5-7-9/h3-7,10-15H,8H2,1-2H3/t10-,11-,12+,13?,14+,15+,16-/m1/s1. The molecule has 0 radical (unpaired) electrons. The molecule has 0 bridgehead atoms. The zero-order chi connectivity index (χ0) is 16.0. The third-order valence-electron chi connectivity index (χ3n) is 4.61. The van der Waals surface area contributed by atoms with E-state index in [9.17, 15) is 0 Å². The van der Waals surface area contributed by atoms with E-state index in [1.807, 2.05) is 30.3 Å². The van der Waals surface area contributed by atoms with Crippen LogP contribution in [0, 0.1) is 0 Å². The van der Waals surface area contributed by atoms with Crippen molar-refractivity contribution in [2.75, 3.05) is 20.8 Å². The van der Waals surface area contributed by atoms with Crippen LogP contribution >= 0.6 is 11.6 Å². The average Bonchev–Trinajstić information content (AvgIpc) is 3.25. The maximum atomic E-state index is 6.20. The number of ether oxygens (including phenoxy) is 6. The molecule has 3 heterocycles. The van der Waals surface area contributed by atoms with Crippen molar-refractivity contribution < 1.29 is 28.4 Å². The number of methoxy groups -OCH3 is 2. The van der Waals surface area contributed by atoms with Crippen molar-refractivity contribution in [3.05, 3.63) is 35.9 Å². The third kappa shape index (κ3) is 2.41. The first-order valence-electron chi connectivity index (χ1n) is 7.55. The lowest BCUT2D eigenvalue weighted by atomic mass is 9.90. The average molecular weight is 343 g/mol. The second-order valence-electron chi connectivity index (χ2n) is 5.86. The van der Waals surface area contributed by atoms with E-state index in [4.69, 9.17) is 40.0 Å². The minimum absolute atomic E-state index is 0.302. The number of halogens is 1. The number of hydrogen-bond acceptors (Lipinski definition) is 6. The summed E-state index contributed by atoms with van der Waals surface area (Å²) in [5.41, 5.74) is -0.423. The van der Waals surface area contributed by atoms with Gasteiger partial charge in [0.2, 0.25) is 0 Å². The van der Waals surface area contributed by atoms with Crippen LogP contribution in [0.15, 0.2) is 30.3 Å². The Morgan fingerprint density at radius 3 is 2.48 bits per heavy atom. The Labute approximate surface area is 139 Å². The molecule has 0 aliphatic carbocycles. The summed E-state index contributed by atoms with van der Waals surface area (Å²) in [4.78, 5) is 0. The first-order valence-corrected chi connectivity index (χ1v) is 7.99. The summed E-state index contributed by atoms with van der Waals surface area (Å²) < 4.78 is 34.6. The van der Waals surface area contributed by atoms with E-state index in [2.05, 4.69) is 0 Å². The quantitative estimate of drug-likeness (QED) is 0.617. The summed E-state index contributed by atoms with van der Waals surface area (Å²) in [6.07, 6.45) is -2.14. The Morgan fingerprint density at radius 2 is 1.87 bits per heavy atom. The fraction of sp³-hybridized carbons (Fsp3) is 0.625. The van der Waals surface area contributed by atoms with Crippen molar-refractivity contribution in [2.45, 2.75) is 42.1 Å². The van der Waals surface area contributed by atoms with Crippen LogP contribution in [0.5, 0.6) is 0 Å². The van der Waals surface area contributed by atoms with Gasteiger partial charge in [0.25, 0.3) is 0 Å². The van der Waals surface area contributed by atoms with E-state index in [0.717, 1.165) is 5.56 Å². The number of epoxide rings is 1. The molecule has 3 fully saturated rings. The first kappa shape index (κ1) is 15.8. The Morgan fingerprint density at radius 1 is 1.13 bits per heavy atom. The fourth-order valence-corrected chi connectivity index (χ4v) is 3.81. The van der Waals surface area contributed by atoms with E-state index in [-0.39, 0.29) is 12.2 Å². The molecule has 0 saturated carbocycles. The molecule has 7 heteroatoms. The highest BCUT2D eigenvalue weighted by atomic mass is 35.5. The molecule has 1 spiro atoms. The van der Waals surface area contributed by atoms with E-state index in [0.29, 0.717) is 6.61 Å². The highest BCUT2D eigenvalue weighted by Gasteiger charge is 2.73. The molecule has 3 aliphatic heterocycles. The van der Waals surface area contributed by atoms with Gasteiger partial charge in [0.1, 0.15) is 18.3 Å². The zero-order valence-corrected chi connectivity index (χ0v) is 13.6. The molecule has 0 aromatic heterocycles. The summed E-state index contributed by atoms with van der Waals surface area (Å²) in [5.74, 6) is 0. The van der Waals surface area contributed by atoms with E-state index < -0.39 is 29.8 Å². The van der Waals surface area contributed by atoms with Gasteiger partial charge in [-0.2, -0.15) is 0 Å².